The Hall–Kier alpha value is -1.35. The minimum absolute atomic E-state index is 0.189. The molecule has 1 saturated heterocycles. The van der Waals surface area contributed by atoms with Crippen molar-refractivity contribution in [2.45, 2.75) is 19.3 Å². The first-order chi connectivity index (χ1) is 8.79. The first-order valence-electron chi connectivity index (χ1n) is 6.05. The lowest BCUT2D eigenvalue weighted by atomic mass is 9.99. The SMILES string of the molecule is NS(=O)(=O)CCCNC(=O)N1CCCC(C(=O)O)C1. The van der Waals surface area contributed by atoms with Crippen molar-refractivity contribution in [3.63, 3.8) is 0 Å². The van der Waals surface area contributed by atoms with Crippen molar-refractivity contribution in [2.75, 3.05) is 25.4 Å². The molecule has 0 aromatic carbocycles. The molecule has 110 valence electrons. The third kappa shape index (κ3) is 5.88. The van der Waals surface area contributed by atoms with Crippen molar-refractivity contribution in [1.29, 1.82) is 0 Å². The van der Waals surface area contributed by atoms with Gasteiger partial charge in [0.2, 0.25) is 10.0 Å². The molecule has 1 aliphatic heterocycles. The number of aliphatic carboxylic acids is 1. The summed E-state index contributed by atoms with van der Waals surface area (Å²) in [4.78, 5) is 24.0. The van der Waals surface area contributed by atoms with Gasteiger partial charge in [-0.2, -0.15) is 0 Å². The molecule has 0 spiro atoms. The van der Waals surface area contributed by atoms with E-state index in [1.165, 1.54) is 4.90 Å². The quantitative estimate of drug-likeness (QED) is 0.570. The second kappa shape index (κ2) is 6.71. The van der Waals surface area contributed by atoms with Crippen LogP contribution in [0, 0.1) is 5.92 Å². The lowest BCUT2D eigenvalue weighted by molar-refractivity contribution is -0.143. The summed E-state index contributed by atoms with van der Waals surface area (Å²) in [5, 5.41) is 16.3. The molecule has 0 aliphatic carbocycles. The van der Waals surface area contributed by atoms with Gasteiger partial charge in [-0.1, -0.05) is 0 Å². The van der Waals surface area contributed by atoms with Crippen molar-refractivity contribution in [3.8, 4) is 0 Å². The predicted octanol–water partition coefficient (Wildman–Crippen LogP) is -0.829. The highest BCUT2D eigenvalue weighted by molar-refractivity contribution is 7.89. The molecule has 9 heteroatoms. The van der Waals surface area contributed by atoms with Gasteiger partial charge in [-0.25, -0.2) is 18.4 Å². The number of nitrogens with two attached hydrogens (primary N) is 1. The average molecular weight is 293 g/mol. The fraction of sp³-hybridized carbons (Fsp3) is 0.800. The maximum atomic E-state index is 11.7. The van der Waals surface area contributed by atoms with Gasteiger partial charge >= 0.3 is 12.0 Å². The number of hydrogen-bond donors (Lipinski definition) is 3. The standard InChI is InChI=1S/C10H19N3O5S/c11-19(17,18)6-2-4-12-10(16)13-5-1-3-8(7-13)9(14)15/h8H,1-7H2,(H,12,16)(H,14,15)(H2,11,17,18). The molecule has 2 amide bonds. The number of hydrogen-bond acceptors (Lipinski definition) is 4. The van der Waals surface area contributed by atoms with E-state index in [-0.39, 0.29) is 31.3 Å². The van der Waals surface area contributed by atoms with E-state index in [9.17, 15) is 18.0 Å². The summed E-state index contributed by atoms with van der Waals surface area (Å²) in [6.45, 7) is 0.907. The third-order valence-corrected chi connectivity index (χ3v) is 3.80. The van der Waals surface area contributed by atoms with Crippen LogP contribution in [0.15, 0.2) is 0 Å². The lowest BCUT2D eigenvalue weighted by Gasteiger charge is -2.30. The van der Waals surface area contributed by atoms with Crippen molar-refractivity contribution >= 4 is 22.0 Å². The first-order valence-corrected chi connectivity index (χ1v) is 7.77. The molecule has 0 aromatic heterocycles. The monoisotopic (exact) mass is 293 g/mol. The molecule has 1 rings (SSSR count). The fourth-order valence-corrected chi connectivity index (χ4v) is 2.49. The zero-order valence-electron chi connectivity index (χ0n) is 10.5. The summed E-state index contributed by atoms with van der Waals surface area (Å²) >= 11 is 0. The van der Waals surface area contributed by atoms with E-state index in [2.05, 4.69) is 5.32 Å². The number of piperidine rings is 1. The minimum Gasteiger partial charge on any atom is -0.481 e. The molecule has 0 aromatic rings. The summed E-state index contributed by atoms with van der Waals surface area (Å²) in [5.41, 5.74) is 0. The number of carbonyl (C=O) groups excluding carboxylic acids is 1. The molecule has 0 saturated carbocycles. The van der Waals surface area contributed by atoms with Gasteiger partial charge in [0.15, 0.2) is 0 Å². The van der Waals surface area contributed by atoms with Crippen molar-refractivity contribution in [2.24, 2.45) is 11.1 Å². The summed E-state index contributed by atoms with van der Waals surface area (Å²) < 4.78 is 21.4. The van der Waals surface area contributed by atoms with Crippen LogP contribution in [0.5, 0.6) is 0 Å². The van der Waals surface area contributed by atoms with Crippen LogP contribution in [0.2, 0.25) is 0 Å². The molecule has 1 heterocycles. The number of carbonyl (C=O) groups is 2. The Morgan fingerprint density at radius 1 is 1.42 bits per heavy atom. The van der Waals surface area contributed by atoms with E-state index >= 15 is 0 Å². The van der Waals surface area contributed by atoms with Gasteiger partial charge in [-0.05, 0) is 19.3 Å². The Morgan fingerprint density at radius 3 is 2.68 bits per heavy atom. The Kier molecular flexibility index (Phi) is 5.55. The van der Waals surface area contributed by atoms with E-state index in [1.807, 2.05) is 0 Å². The van der Waals surface area contributed by atoms with Crippen molar-refractivity contribution in [3.05, 3.63) is 0 Å². The van der Waals surface area contributed by atoms with Gasteiger partial charge < -0.3 is 15.3 Å². The lowest BCUT2D eigenvalue weighted by Crippen LogP contribution is -2.47. The number of sulfonamides is 1. The number of nitrogens with zero attached hydrogens (tertiary/aromatic N) is 1. The first kappa shape index (κ1) is 15.7. The number of primary sulfonamides is 1. The van der Waals surface area contributed by atoms with Gasteiger partial charge in [0.25, 0.3) is 0 Å². The van der Waals surface area contributed by atoms with E-state index in [0.29, 0.717) is 19.4 Å². The normalized spacial score (nSPS) is 20.1. The Bertz CT molecular complexity index is 436. The molecule has 1 fully saturated rings. The van der Waals surface area contributed by atoms with Crippen LogP contribution in [0.25, 0.3) is 0 Å². The molecular formula is C10H19N3O5S. The Labute approximate surface area is 112 Å². The summed E-state index contributed by atoms with van der Waals surface area (Å²) in [7, 11) is -3.51. The number of nitrogens with one attached hydrogen (secondary N) is 1. The number of urea groups is 1. The smallest absolute Gasteiger partial charge is 0.317 e. The zero-order chi connectivity index (χ0) is 14.5. The molecule has 1 unspecified atom stereocenters. The summed E-state index contributed by atoms with van der Waals surface area (Å²) in [5.74, 6) is -1.61. The van der Waals surface area contributed by atoms with E-state index in [0.717, 1.165) is 0 Å². The van der Waals surface area contributed by atoms with E-state index < -0.39 is 21.9 Å². The second-order valence-corrected chi connectivity index (χ2v) is 6.31. The molecule has 19 heavy (non-hydrogen) atoms. The van der Waals surface area contributed by atoms with Gasteiger partial charge in [-0.15, -0.1) is 0 Å². The molecule has 1 atom stereocenters. The number of carboxylic acid groups (broad SMARTS) is 1. The molecule has 0 radical (unpaired) electrons. The molecular weight excluding hydrogens is 274 g/mol. The minimum atomic E-state index is -3.51. The average Bonchev–Trinajstić information content (AvgIpc) is 2.33. The van der Waals surface area contributed by atoms with Crippen LogP contribution >= 0.6 is 0 Å². The number of carboxylic acids is 1. The van der Waals surface area contributed by atoms with Gasteiger partial charge in [0.1, 0.15) is 0 Å². The number of rotatable bonds is 5. The number of amides is 2. The highest BCUT2D eigenvalue weighted by Gasteiger charge is 2.27. The maximum absolute atomic E-state index is 11.7. The van der Waals surface area contributed by atoms with Gasteiger partial charge in [0, 0.05) is 19.6 Å². The van der Waals surface area contributed by atoms with Crippen LogP contribution in [-0.2, 0) is 14.8 Å². The molecule has 8 nitrogen and oxygen atoms in total. The van der Waals surface area contributed by atoms with Gasteiger partial charge in [0.05, 0.1) is 11.7 Å². The number of likely N-dealkylation sites (tertiary alicyclic amines) is 1. The summed E-state index contributed by atoms with van der Waals surface area (Å²) in [6.07, 6.45) is 1.47. The largest absolute Gasteiger partial charge is 0.481 e. The zero-order valence-corrected chi connectivity index (χ0v) is 11.4. The predicted molar refractivity (Wildman–Crippen MR) is 67.9 cm³/mol. The van der Waals surface area contributed by atoms with Crippen LogP contribution < -0.4 is 10.5 Å². The van der Waals surface area contributed by atoms with Crippen molar-refractivity contribution < 1.29 is 23.1 Å². The molecule has 4 N–H and O–H groups in total. The molecule has 0 bridgehead atoms. The van der Waals surface area contributed by atoms with Gasteiger partial charge in [-0.3, -0.25) is 4.79 Å². The molecule has 1 aliphatic rings. The second-order valence-electron chi connectivity index (χ2n) is 4.58. The Balaban J connectivity index is 2.31. The van der Waals surface area contributed by atoms with Crippen LogP contribution in [0.3, 0.4) is 0 Å². The van der Waals surface area contributed by atoms with E-state index in [1.54, 1.807) is 0 Å². The summed E-state index contributed by atoms with van der Waals surface area (Å²) in [6, 6.07) is -0.361. The third-order valence-electron chi connectivity index (χ3n) is 2.94. The maximum Gasteiger partial charge on any atom is 0.317 e. The highest BCUT2D eigenvalue weighted by Crippen LogP contribution is 2.16. The van der Waals surface area contributed by atoms with Crippen LogP contribution in [-0.4, -0.2) is 55.8 Å². The topological polar surface area (TPSA) is 130 Å². The van der Waals surface area contributed by atoms with E-state index in [4.69, 9.17) is 10.2 Å². The van der Waals surface area contributed by atoms with Crippen LogP contribution in [0.4, 0.5) is 4.79 Å². The highest BCUT2D eigenvalue weighted by atomic mass is 32.2. The Morgan fingerprint density at radius 2 is 2.11 bits per heavy atom. The van der Waals surface area contributed by atoms with Crippen LogP contribution in [0.1, 0.15) is 19.3 Å². The van der Waals surface area contributed by atoms with Crippen molar-refractivity contribution in [1.82, 2.24) is 10.2 Å². The fourth-order valence-electron chi connectivity index (χ4n) is 1.94.